The maximum Gasteiger partial charge on any atom is 0.0561 e. The van der Waals surface area contributed by atoms with Crippen LogP contribution in [-0.2, 0) is 5.41 Å². The quantitative estimate of drug-likeness (QED) is 0.275. The Morgan fingerprint density at radius 1 is 0.794 bits per heavy atom. The summed E-state index contributed by atoms with van der Waals surface area (Å²) in [6.07, 6.45) is 7.09. The van der Waals surface area contributed by atoms with Crippen LogP contribution in [0.2, 0.25) is 0 Å². The fourth-order valence-corrected chi connectivity index (χ4v) is 7.22. The number of para-hydroxylation sites is 2. The number of nitrogens with zero attached hydrogens (tertiary/aromatic N) is 1. The number of nitrogens with two attached hydrogens (primary N) is 1. The van der Waals surface area contributed by atoms with E-state index in [9.17, 15) is 0 Å². The molecule has 3 heteroatoms. The van der Waals surface area contributed by atoms with Crippen molar-refractivity contribution in [3.05, 3.63) is 120 Å². The topological polar surface area (TPSA) is 30.9 Å². The van der Waals surface area contributed by atoms with Crippen LogP contribution in [0.5, 0.6) is 0 Å². The highest BCUT2D eigenvalue weighted by atomic mass is 32.2. The number of benzene rings is 4. The first-order valence-corrected chi connectivity index (χ1v) is 12.6. The Labute approximate surface area is 203 Å². The lowest BCUT2D eigenvalue weighted by molar-refractivity contribution is 0.621. The first kappa shape index (κ1) is 19.7. The van der Waals surface area contributed by atoms with Crippen LogP contribution in [-0.4, -0.2) is 9.82 Å². The van der Waals surface area contributed by atoms with Crippen molar-refractivity contribution < 1.29 is 0 Å². The molecular formula is C31H24N2S. The van der Waals surface area contributed by atoms with E-state index < -0.39 is 0 Å². The minimum atomic E-state index is 0.00130. The Bertz CT molecular complexity index is 1620. The third-order valence-electron chi connectivity index (χ3n) is 7.44. The Balaban J connectivity index is 1.46. The van der Waals surface area contributed by atoms with Crippen LogP contribution in [0.25, 0.3) is 33.1 Å². The fourth-order valence-electron chi connectivity index (χ4n) is 5.71. The van der Waals surface area contributed by atoms with Crippen LogP contribution in [0.4, 0.5) is 5.69 Å². The summed E-state index contributed by atoms with van der Waals surface area (Å²) in [6, 6.07) is 32.3. The summed E-state index contributed by atoms with van der Waals surface area (Å²) in [5, 5.41) is 2.86. The van der Waals surface area contributed by atoms with Crippen molar-refractivity contribution in [3.8, 4) is 5.69 Å². The Kier molecular flexibility index (Phi) is 4.15. The van der Waals surface area contributed by atoms with Crippen molar-refractivity contribution in [1.82, 2.24) is 4.57 Å². The average Bonchev–Trinajstić information content (AvgIpc) is 3.36. The molecule has 0 amide bonds. The van der Waals surface area contributed by atoms with E-state index in [2.05, 4.69) is 115 Å². The van der Waals surface area contributed by atoms with Gasteiger partial charge in [-0.1, -0.05) is 85.8 Å². The van der Waals surface area contributed by atoms with E-state index in [1.54, 1.807) is 0 Å². The zero-order valence-electron chi connectivity index (χ0n) is 18.9. The van der Waals surface area contributed by atoms with Gasteiger partial charge < -0.3 is 10.3 Å². The molecule has 2 atom stereocenters. The predicted molar refractivity (Wildman–Crippen MR) is 146 cm³/mol. The number of aromatic nitrogens is 1. The Morgan fingerprint density at radius 3 is 2.24 bits per heavy atom. The molecule has 1 aliphatic heterocycles. The van der Waals surface area contributed by atoms with Gasteiger partial charge in [-0.15, -0.1) is 11.8 Å². The molecule has 4 aromatic carbocycles. The molecule has 2 heterocycles. The lowest BCUT2D eigenvalue weighted by Crippen LogP contribution is -2.29. The first-order chi connectivity index (χ1) is 16.6. The summed E-state index contributed by atoms with van der Waals surface area (Å²) in [5.41, 5.74) is 14.7. The van der Waals surface area contributed by atoms with Gasteiger partial charge in [-0.2, -0.15) is 0 Å². The number of hydrogen-bond donors (Lipinski definition) is 1. The minimum absolute atomic E-state index is 0.00130. The van der Waals surface area contributed by atoms with E-state index in [0.717, 1.165) is 16.9 Å². The second-order valence-electron chi connectivity index (χ2n) is 9.38. The number of hydrogen-bond acceptors (Lipinski definition) is 2. The normalized spacial score (nSPS) is 21.0. The molecule has 0 saturated carbocycles. The van der Waals surface area contributed by atoms with Crippen molar-refractivity contribution in [2.45, 2.75) is 22.5 Å². The number of anilines is 1. The first-order valence-electron chi connectivity index (χ1n) is 11.7. The molecule has 2 unspecified atom stereocenters. The van der Waals surface area contributed by atoms with Gasteiger partial charge in [-0.05, 0) is 41.5 Å². The third kappa shape index (κ3) is 2.65. The monoisotopic (exact) mass is 456 g/mol. The molecule has 0 fully saturated rings. The van der Waals surface area contributed by atoms with Gasteiger partial charge >= 0.3 is 0 Å². The number of rotatable bonds is 2. The Morgan fingerprint density at radius 2 is 1.47 bits per heavy atom. The molecule has 7 rings (SSSR count). The van der Waals surface area contributed by atoms with Crippen molar-refractivity contribution in [2.75, 3.05) is 5.73 Å². The van der Waals surface area contributed by atoms with Gasteiger partial charge in [0.2, 0.25) is 0 Å². The van der Waals surface area contributed by atoms with E-state index in [0.29, 0.717) is 5.25 Å². The standard InChI is InChI=1S/C31H24N2S/c1-31-18-17-20(19-29(31)34-28-16-7-4-11-23(28)31)30-24(32)12-8-15-27(30)33-25-13-5-2-9-21(25)22-10-3-6-14-26(22)33/h2-19,29H,32H2,1H3. The second kappa shape index (κ2) is 7.15. The van der Waals surface area contributed by atoms with Crippen molar-refractivity contribution in [2.24, 2.45) is 0 Å². The largest absolute Gasteiger partial charge is 0.398 e. The van der Waals surface area contributed by atoms with Crippen molar-refractivity contribution in [1.29, 1.82) is 0 Å². The van der Waals surface area contributed by atoms with Gasteiger partial charge in [-0.25, -0.2) is 0 Å². The summed E-state index contributed by atoms with van der Waals surface area (Å²) < 4.78 is 2.37. The van der Waals surface area contributed by atoms with Crippen LogP contribution in [0.1, 0.15) is 18.1 Å². The molecule has 2 N–H and O–H groups in total. The number of fused-ring (bicyclic) bond motifs is 6. The molecule has 0 bridgehead atoms. The highest BCUT2D eigenvalue weighted by Crippen LogP contribution is 2.54. The molecule has 1 aliphatic carbocycles. The van der Waals surface area contributed by atoms with Gasteiger partial charge in [-0.3, -0.25) is 0 Å². The minimum Gasteiger partial charge on any atom is -0.398 e. The van der Waals surface area contributed by atoms with E-state index in [4.69, 9.17) is 5.73 Å². The summed E-state index contributed by atoms with van der Waals surface area (Å²) in [7, 11) is 0. The van der Waals surface area contributed by atoms with Gasteiger partial charge in [0.05, 0.1) is 16.7 Å². The zero-order chi connectivity index (χ0) is 22.9. The smallest absolute Gasteiger partial charge is 0.0561 e. The van der Waals surface area contributed by atoms with Crippen molar-refractivity contribution >= 4 is 44.8 Å². The van der Waals surface area contributed by atoms with Crippen molar-refractivity contribution in [3.63, 3.8) is 0 Å². The Hall–Kier alpha value is -3.69. The van der Waals surface area contributed by atoms with E-state index >= 15 is 0 Å². The summed E-state index contributed by atoms with van der Waals surface area (Å²) in [4.78, 5) is 1.38. The SMILES string of the molecule is CC12C=CC(c3c(N)cccc3-n3c4ccccc4c4ccccc43)=CC1Sc1ccccc12. The molecule has 2 nitrogen and oxygen atoms in total. The van der Waals surface area contributed by atoms with Gasteiger partial charge in [0.1, 0.15) is 0 Å². The van der Waals surface area contributed by atoms with Crippen LogP contribution in [0.3, 0.4) is 0 Å². The predicted octanol–water partition coefficient (Wildman–Crippen LogP) is 7.75. The van der Waals surface area contributed by atoms with E-state index in [1.165, 1.54) is 37.8 Å². The molecule has 1 aromatic heterocycles. The maximum atomic E-state index is 6.71. The molecule has 2 aliphatic rings. The van der Waals surface area contributed by atoms with Gasteiger partial charge in [0, 0.05) is 37.6 Å². The highest BCUT2D eigenvalue weighted by Gasteiger charge is 2.42. The molecule has 34 heavy (non-hydrogen) atoms. The summed E-state index contributed by atoms with van der Waals surface area (Å²) >= 11 is 1.96. The van der Waals surface area contributed by atoms with Crippen LogP contribution < -0.4 is 5.73 Å². The third-order valence-corrected chi connectivity index (χ3v) is 8.93. The summed E-state index contributed by atoms with van der Waals surface area (Å²) in [5.74, 6) is 0. The van der Waals surface area contributed by atoms with Gasteiger partial charge in [0.15, 0.2) is 0 Å². The molecular weight excluding hydrogens is 432 g/mol. The molecule has 0 spiro atoms. The van der Waals surface area contributed by atoms with Crippen LogP contribution in [0.15, 0.2) is 114 Å². The fraction of sp³-hybridized carbons (Fsp3) is 0.0968. The lowest BCUT2D eigenvalue weighted by atomic mass is 9.75. The summed E-state index contributed by atoms with van der Waals surface area (Å²) in [6.45, 7) is 2.35. The maximum absolute atomic E-state index is 6.71. The highest BCUT2D eigenvalue weighted by molar-refractivity contribution is 8.00. The number of allylic oxidation sites excluding steroid dienone is 3. The molecule has 164 valence electrons. The van der Waals surface area contributed by atoms with Gasteiger partial charge in [0.25, 0.3) is 0 Å². The second-order valence-corrected chi connectivity index (χ2v) is 10.6. The molecule has 0 saturated heterocycles. The number of thioether (sulfide) groups is 1. The van der Waals surface area contributed by atoms with E-state index in [1.807, 2.05) is 17.8 Å². The molecule has 5 aromatic rings. The van der Waals surface area contributed by atoms with Crippen LogP contribution >= 0.6 is 11.8 Å². The zero-order valence-corrected chi connectivity index (χ0v) is 19.7. The lowest BCUT2D eigenvalue weighted by Gasteiger charge is -2.31. The number of nitrogen functional groups attached to an aromatic ring is 1. The van der Waals surface area contributed by atoms with E-state index in [-0.39, 0.29) is 5.41 Å². The van der Waals surface area contributed by atoms with Crippen LogP contribution in [0, 0.1) is 0 Å². The molecule has 0 radical (unpaired) electrons. The average molecular weight is 457 g/mol.